The second kappa shape index (κ2) is 4.47. The zero-order chi connectivity index (χ0) is 11.5. The Labute approximate surface area is 87.2 Å². The van der Waals surface area contributed by atoms with E-state index in [2.05, 4.69) is 24.4 Å². The third kappa shape index (κ3) is 4.15. The maximum atomic E-state index is 11.8. The summed E-state index contributed by atoms with van der Waals surface area (Å²) in [7, 11) is 1.24. The molecule has 0 radical (unpaired) electrons. The lowest BCUT2D eigenvalue weighted by molar-refractivity contribution is -0.154. The van der Waals surface area contributed by atoms with Crippen molar-refractivity contribution >= 4 is 11.6 Å². The summed E-state index contributed by atoms with van der Waals surface area (Å²) in [6, 6.07) is -0.753. The van der Waals surface area contributed by atoms with Gasteiger partial charge in [0.1, 0.15) is 0 Å². The third-order valence-electron chi connectivity index (χ3n) is 1.11. The Balaban J connectivity index is 2.73. The smallest absolute Gasteiger partial charge is 0.422 e. The molecule has 0 spiro atoms. The Kier molecular flexibility index (Phi) is 3.51. The van der Waals surface area contributed by atoms with Crippen molar-refractivity contribution in [2.45, 2.75) is 6.18 Å². The first-order chi connectivity index (χ1) is 6.90. The van der Waals surface area contributed by atoms with E-state index in [1.54, 1.807) is 0 Å². The predicted molar refractivity (Wildman–Crippen MR) is 42.9 cm³/mol. The summed E-state index contributed by atoms with van der Waals surface area (Å²) in [4.78, 5) is 10.2. The number of ether oxygens (including phenoxy) is 2. The average Bonchev–Trinajstić information content (AvgIpc) is 2.13. The van der Waals surface area contributed by atoms with E-state index in [4.69, 9.17) is 11.6 Å². The van der Waals surface area contributed by atoms with Crippen molar-refractivity contribution in [1.82, 2.24) is 15.0 Å². The highest BCUT2D eigenvalue weighted by Crippen LogP contribution is 2.17. The van der Waals surface area contributed by atoms with E-state index >= 15 is 0 Å². The summed E-state index contributed by atoms with van der Waals surface area (Å²) >= 11 is 5.38. The van der Waals surface area contributed by atoms with E-state index < -0.39 is 18.8 Å². The number of rotatable bonds is 3. The minimum atomic E-state index is -4.47. The third-order valence-corrected chi connectivity index (χ3v) is 1.28. The molecule has 5 nitrogen and oxygen atoms in total. The number of hydrogen-bond donors (Lipinski definition) is 0. The minimum Gasteiger partial charge on any atom is -0.467 e. The quantitative estimate of drug-likeness (QED) is 0.805. The van der Waals surface area contributed by atoms with Gasteiger partial charge < -0.3 is 9.47 Å². The average molecular weight is 244 g/mol. The van der Waals surface area contributed by atoms with Crippen molar-refractivity contribution in [2.24, 2.45) is 0 Å². The fourth-order valence-corrected chi connectivity index (χ4v) is 0.761. The molecule has 15 heavy (non-hydrogen) atoms. The molecule has 0 fully saturated rings. The van der Waals surface area contributed by atoms with Crippen LogP contribution in [0.2, 0.25) is 5.28 Å². The lowest BCUT2D eigenvalue weighted by Crippen LogP contribution is -2.20. The first kappa shape index (κ1) is 11.8. The molecule has 9 heteroatoms. The Hall–Kier alpha value is -1.31. The van der Waals surface area contributed by atoms with Crippen molar-refractivity contribution in [1.29, 1.82) is 0 Å². The molecule has 1 heterocycles. The SMILES string of the molecule is COc1nc(Cl)nc(OCC(F)(F)F)n1. The molecule has 0 aromatic carbocycles. The van der Waals surface area contributed by atoms with Crippen molar-refractivity contribution < 1.29 is 22.6 Å². The van der Waals surface area contributed by atoms with Gasteiger partial charge in [-0.15, -0.1) is 4.98 Å². The summed E-state index contributed by atoms with van der Waals surface area (Å²) in [5.74, 6) is 0. The summed E-state index contributed by atoms with van der Waals surface area (Å²) in [6.07, 6.45) is -4.47. The Bertz CT molecular complexity index is 347. The molecule has 84 valence electrons. The van der Waals surface area contributed by atoms with Crippen LogP contribution >= 0.6 is 11.6 Å². The molecule has 0 N–H and O–H groups in total. The van der Waals surface area contributed by atoms with E-state index in [0.29, 0.717) is 0 Å². The van der Waals surface area contributed by atoms with Gasteiger partial charge in [-0.3, -0.25) is 0 Å². The molecule has 0 amide bonds. The van der Waals surface area contributed by atoms with E-state index in [1.807, 2.05) is 0 Å². The highest BCUT2D eigenvalue weighted by molar-refractivity contribution is 6.28. The van der Waals surface area contributed by atoms with Crippen molar-refractivity contribution in [3.8, 4) is 12.0 Å². The van der Waals surface area contributed by atoms with Gasteiger partial charge in [0, 0.05) is 0 Å². The minimum absolute atomic E-state index is 0.216. The molecule has 0 aliphatic rings. The maximum absolute atomic E-state index is 11.8. The predicted octanol–water partition coefficient (Wildman–Crippen LogP) is 1.47. The molecule has 0 atom stereocenters. The molecule has 0 unspecified atom stereocenters. The van der Waals surface area contributed by atoms with E-state index in [0.717, 1.165) is 0 Å². The standard InChI is InChI=1S/C6H5ClF3N3O2/c1-14-4-11-3(7)12-5(13-4)15-2-6(8,9)10/h2H2,1H3. The maximum Gasteiger partial charge on any atom is 0.422 e. The molecule has 0 saturated heterocycles. The molecule has 1 rings (SSSR count). The fourth-order valence-electron chi connectivity index (χ4n) is 0.617. The van der Waals surface area contributed by atoms with Gasteiger partial charge in [0.2, 0.25) is 5.28 Å². The van der Waals surface area contributed by atoms with Crippen LogP contribution in [0.5, 0.6) is 12.0 Å². The zero-order valence-corrected chi connectivity index (χ0v) is 8.13. The van der Waals surface area contributed by atoms with Gasteiger partial charge in [-0.2, -0.15) is 23.1 Å². The molecular formula is C6H5ClF3N3O2. The second-order valence-corrected chi connectivity index (χ2v) is 2.62. The van der Waals surface area contributed by atoms with Crippen LogP contribution in [-0.2, 0) is 0 Å². The van der Waals surface area contributed by atoms with Crippen LogP contribution in [0.15, 0.2) is 0 Å². The number of halogens is 4. The first-order valence-corrected chi connectivity index (χ1v) is 3.93. The number of hydrogen-bond acceptors (Lipinski definition) is 5. The van der Waals surface area contributed by atoms with Crippen LogP contribution in [0, 0.1) is 0 Å². The van der Waals surface area contributed by atoms with Gasteiger partial charge in [-0.25, -0.2) is 0 Å². The molecule has 1 aromatic heterocycles. The van der Waals surface area contributed by atoms with Crippen LogP contribution in [0.25, 0.3) is 0 Å². The van der Waals surface area contributed by atoms with Gasteiger partial charge in [-0.1, -0.05) is 0 Å². The van der Waals surface area contributed by atoms with Crippen molar-refractivity contribution in [3.05, 3.63) is 5.28 Å². The van der Waals surface area contributed by atoms with E-state index in [1.165, 1.54) is 7.11 Å². The topological polar surface area (TPSA) is 57.1 Å². The summed E-state index contributed by atoms with van der Waals surface area (Å²) < 4.78 is 44.1. The van der Waals surface area contributed by atoms with Gasteiger partial charge in [0.15, 0.2) is 6.61 Å². The normalized spacial score (nSPS) is 11.3. The van der Waals surface area contributed by atoms with Crippen molar-refractivity contribution in [3.63, 3.8) is 0 Å². The van der Waals surface area contributed by atoms with Crippen LogP contribution in [0.1, 0.15) is 0 Å². The zero-order valence-electron chi connectivity index (χ0n) is 7.38. The van der Waals surface area contributed by atoms with Crippen LogP contribution in [0.3, 0.4) is 0 Å². The number of alkyl halides is 3. The van der Waals surface area contributed by atoms with Gasteiger partial charge in [-0.05, 0) is 11.6 Å². The first-order valence-electron chi connectivity index (χ1n) is 3.56. The summed E-state index contributed by atoms with van der Waals surface area (Å²) in [6.45, 7) is -1.50. The molecule has 0 saturated carbocycles. The molecule has 0 aliphatic heterocycles. The molecule has 0 aliphatic carbocycles. The van der Waals surface area contributed by atoms with Crippen LogP contribution in [-0.4, -0.2) is 34.8 Å². The highest BCUT2D eigenvalue weighted by Gasteiger charge is 2.29. The van der Waals surface area contributed by atoms with Crippen LogP contribution < -0.4 is 9.47 Å². The second-order valence-electron chi connectivity index (χ2n) is 2.28. The molecule has 0 bridgehead atoms. The van der Waals surface area contributed by atoms with Gasteiger partial charge in [0.05, 0.1) is 7.11 Å². The Morgan fingerprint density at radius 3 is 2.33 bits per heavy atom. The van der Waals surface area contributed by atoms with Gasteiger partial charge >= 0.3 is 18.2 Å². The molecule has 1 aromatic rings. The summed E-state index contributed by atoms with van der Waals surface area (Å²) in [5.41, 5.74) is 0. The summed E-state index contributed by atoms with van der Waals surface area (Å²) in [5, 5.41) is -0.306. The van der Waals surface area contributed by atoms with E-state index in [9.17, 15) is 13.2 Å². The number of methoxy groups -OCH3 is 1. The number of aromatic nitrogens is 3. The Morgan fingerprint density at radius 1 is 1.20 bits per heavy atom. The Morgan fingerprint density at radius 2 is 1.80 bits per heavy atom. The lowest BCUT2D eigenvalue weighted by atomic mass is 10.7. The molecular weight excluding hydrogens is 239 g/mol. The largest absolute Gasteiger partial charge is 0.467 e. The van der Waals surface area contributed by atoms with Crippen LogP contribution in [0.4, 0.5) is 13.2 Å². The lowest BCUT2D eigenvalue weighted by Gasteiger charge is -2.07. The van der Waals surface area contributed by atoms with E-state index in [-0.39, 0.29) is 11.3 Å². The monoisotopic (exact) mass is 243 g/mol. The van der Waals surface area contributed by atoms with Gasteiger partial charge in [0.25, 0.3) is 0 Å². The van der Waals surface area contributed by atoms with Crippen molar-refractivity contribution in [2.75, 3.05) is 13.7 Å². The number of nitrogens with zero attached hydrogens (tertiary/aromatic N) is 3. The fraction of sp³-hybridized carbons (Fsp3) is 0.500. The highest BCUT2D eigenvalue weighted by atomic mass is 35.5.